The summed E-state index contributed by atoms with van der Waals surface area (Å²) in [5.41, 5.74) is 1.48. The predicted octanol–water partition coefficient (Wildman–Crippen LogP) is 5.29. The van der Waals surface area contributed by atoms with Gasteiger partial charge in [0.15, 0.2) is 0 Å². The maximum atomic E-state index is 13.2. The first kappa shape index (κ1) is 18.8. The molecular formula is C17H21ClF3N3. The van der Waals surface area contributed by atoms with Gasteiger partial charge in [-0.05, 0) is 44.6 Å². The number of benzene rings is 1. The van der Waals surface area contributed by atoms with E-state index >= 15 is 0 Å². The Bertz CT molecular complexity index is 695. The Morgan fingerprint density at radius 2 is 2.00 bits per heavy atom. The summed E-state index contributed by atoms with van der Waals surface area (Å²) >= 11 is 5.84. The Balaban J connectivity index is 2.37. The summed E-state index contributed by atoms with van der Waals surface area (Å²) in [4.78, 5) is 2.13. The Morgan fingerprint density at radius 1 is 1.29 bits per heavy atom. The zero-order valence-electron chi connectivity index (χ0n) is 14.0. The number of nitrogens with zero attached hydrogens (tertiary/aromatic N) is 2. The molecule has 7 heteroatoms. The SMILES string of the molecule is CCCCN(C)Cc1cn[nH]c1-c1cc(C)c(Cl)c(C(F)(F)F)c1. The Kier molecular flexibility index (Phi) is 5.93. The van der Waals surface area contributed by atoms with E-state index in [9.17, 15) is 13.2 Å². The summed E-state index contributed by atoms with van der Waals surface area (Å²) in [5, 5.41) is 6.57. The predicted molar refractivity (Wildman–Crippen MR) is 90.0 cm³/mol. The molecule has 3 nitrogen and oxygen atoms in total. The van der Waals surface area contributed by atoms with E-state index in [1.807, 2.05) is 7.05 Å². The second-order valence-electron chi connectivity index (χ2n) is 6.01. The van der Waals surface area contributed by atoms with Crippen molar-refractivity contribution >= 4 is 11.6 Å². The third kappa shape index (κ3) is 4.30. The maximum absolute atomic E-state index is 13.2. The van der Waals surface area contributed by atoms with Crippen molar-refractivity contribution in [2.45, 2.75) is 39.4 Å². The molecule has 1 N–H and O–H groups in total. The number of aromatic amines is 1. The van der Waals surface area contributed by atoms with E-state index in [0.717, 1.165) is 31.0 Å². The van der Waals surface area contributed by atoms with Crippen LogP contribution in [0, 0.1) is 6.92 Å². The lowest BCUT2D eigenvalue weighted by Gasteiger charge is -2.17. The molecule has 24 heavy (non-hydrogen) atoms. The second-order valence-corrected chi connectivity index (χ2v) is 6.39. The van der Waals surface area contributed by atoms with Gasteiger partial charge >= 0.3 is 6.18 Å². The topological polar surface area (TPSA) is 31.9 Å². The van der Waals surface area contributed by atoms with Crippen LogP contribution in [0.25, 0.3) is 11.3 Å². The summed E-state index contributed by atoms with van der Waals surface area (Å²) in [6, 6.07) is 2.74. The van der Waals surface area contributed by atoms with Crippen molar-refractivity contribution < 1.29 is 13.2 Å². The number of rotatable bonds is 6. The molecule has 2 aromatic rings. The number of aryl methyl sites for hydroxylation is 1. The lowest BCUT2D eigenvalue weighted by Crippen LogP contribution is -2.19. The third-order valence-electron chi connectivity index (χ3n) is 3.90. The fourth-order valence-corrected chi connectivity index (χ4v) is 2.82. The average Bonchev–Trinajstić information content (AvgIpc) is 2.94. The molecule has 0 aliphatic rings. The second kappa shape index (κ2) is 7.57. The van der Waals surface area contributed by atoms with Gasteiger partial charge in [-0.2, -0.15) is 18.3 Å². The van der Waals surface area contributed by atoms with E-state index < -0.39 is 11.7 Å². The van der Waals surface area contributed by atoms with Crippen molar-refractivity contribution in [1.29, 1.82) is 0 Å². The van der Waals surface area contributed by atoms with Crippen LogP contribution >= 0.6 is 11.6 Å². The number of unbranched alkanes of at least 4 members (excludes halogenated alkanes) is 1. The molecule has 1 heterocycles. The summed E-state index contributed by atoms with van der Waals surface area (Å²) in [6.07, 6.45) is -0.666. The van der Waals surface area contributed by atoms with Crippen molar-refractivity contribution in [3.05, 3.63) is 40.0 Å². The van der Waals surface area contributed by atoms with Crippen LogP contribution in [0.1, 0.15) is 36.5 Å². The number of hydrogen-bond acceptors (Lipinski definition) is 2. The molecule has 0 unspecified atom stereocenters. The van der Waals surface area contributed by atoms with Crippen LogP contribution in [0.4, 0.5) is 13.2 Å². The first-order valence-electron chi connectivity index (χ1n) is 7.82. The van der Waals surface area contributed by atoms with Crippen molar-refractivity contribution in [2.24, 2.45) is 0 Å². The molecule has 0 radical (unpaired) electrons. The highest BCUT2D eigenvalue weighted by Crippen LogP contribution is 2.39. The van der Waals surface area contributed by atoms with Crippen LogP contribution in [-0.4, -0.2) is 28.7 Å². The van der Waals surface area contributed by atoms with Gasteiger partial charge in [-0.25, -0.2) is 0 Å². The van der Waals surface area contributed by atoms with Crippen LogP contribution in [0.2, 0.25) is 5.02 Å². The molecular weight excluding hydrogens is 339 g/mol. The van der Waals surface area contributed by atoms with Gasteiger partial charge in [-0.3, -0.25) is 5.10 Å². The van der Waals surface area contributed by atoms with Crippen LogP contribution in [0.3, 0.4) is 0 Å². The lowest BCUT2D eigenvalue weighted by atomic mass is 10.0. The van der Waals surface area contributed by atoms with Crippen molar-refractivity contribution in [1.82, 2.24) is 15.1 Å². The minimum Gasteiger partial charge on any atom is -0.302 e. The number of nitrogens with one attached hydrogen (secondary N) is 1. The highest BCUT2D eigenvalue weighted by atomic mass is 35.5. The van der Waals surface area contributed by atoms with Crippen LogP contribution in [-0.2, 0) is 12.7 Å². The number of aromatic nitrogens is 2. The molecule has 2 rings (SSSR count). The van der Waals surface area contributed by atoms with Crippen molar-refractivity contribution in [3.63, 3.8) is 0 Å². The average molecular weight is 360 g/mol. The van der Waals surface area contributed by atoms with Gasteiger partial charge in [0.2, 0.25) is 0 Å². The van der Waals surface area contributed by atoms with Crippen molar-refractivity contribution in [3.8, 4) is 11.3 Å². The maximum Gasteiger partial charge on any atom is 0.417 e. The van der Waals surface area contributed by atoms with Gasteiger partial charge in [0.25, 0.3) is 0 Å². The first-order valence-corrected chi connectivity index (χ1v) is 8.20. The Hall–Kier alpha value is -1.53. The monoisotopic (exact) mass is 359 g/mol. The van der Waals surface area contributed by atoms with E-state index in [1.54, 1.807) is 19.2 Å². The van der Waals surface area contributed by atoms with Crippen LogP contribution in [0.5, 0.6) is 0 Å². The number of halogens is 4. The molecule has 0 aliphatic heterocycles. The standard InChI is InChI=1S/C17H21ClF3N3/c1-4-5-6-24(3)10-13-9-22-23-16(13)12-7-11(2)15(18)14(8-12)17(19,20)21/h7-9H,4-6,10H2,1-3H3,(H,22,23). The molecule has 1 aromatic heterocycles. The number of H-pyrrole nitrogens is 1. The van der Waals surface area contributed by atoms with Gasteiger partial charge in [0, 0.05) is 17.7 Å². The Labute approximate surface area is 144 Å². The minimum atomic E-state index is -4.49. The van der Waals surface area contributed by atoms with Gasteiger partial charge < -0.3 is 4.90 Å². The molecule has 1 aromatic carbocycles. The zero-order chi connectivity index (χ0) is 17.9. The van der Waals surface area contributed by atoms with Crippen LogP contribution in [0.15, 0.2) is 18.3 Å². The summed E-state index contributed by atoms with van der Waals surface area (Å²) in [6.45, 7) is 5.24. The number of hydrogen-bond donors (Lipinski definition) is 1. The largest absolute Gasteiger partial charge is 0.417 e. The smallest absolute Gasteiger partial charge is 0.302 e. The molecule has 0 saturated heterocycles. The van der Waals surface area contributed by atoms with E-state index in [1.165, 1.54) is 0 Å². The highest BCUT2D eigenvalue weighted by Gasteiger charge is 2.34. The molecule has 0 fully saturated rings. The van der Waals surface area contributed by atoms with E-state index in [-0.39, 0.29) is 5.02 Å². The van der Waals surface area contributed by atoms with E-state index in [2.05, 4.69) is 22.0 Å². The van der Waals surface area contributed by atoms with Gasteiger partial charge in [-0.1, -0.05) is 24.9 Å². The molecule has 0 amide bonds. The summed E-state index contributed by atoms with van der Waals surface area (Å²) < 4.78 is 39.5. The van der Waals surface area contributed by atoms with E-state index in [4.69, 9.17) is 11.6 Å². The summed E-state index contributed by atoms with van der Waals surface area (Å²) in [5.74, 6) is 0. The number of alkyl halides is 3. The fraction of sp³-hybridized carbons (Fsp3) is 0.471. The molecule has 0 spiro atoms. The van der Waals surface area contributed by atoms with Gasteiger partial charge in [0.1, 0.15) is 0 Å². The molecule has 132 valence electrons. The van der Waals surface area contributed by atoms with Crippen LogP contribution < -0.4 is 0 Å². The fourth-order valence-electron chi connectivity index (χ4n) is 2.60. The molecule has 0 atom stereocenters. The lowest BCUT2D eigenvalue weighted by molar-refractivity contribution is -0.137. The van der Waals surface area contributed by atoms with E-state index in [0.29, 0.717) is 23.4 Å². The minimum absolute atomic E-state index is 0.257. The van der Waals surface area contributed by atoms with Gasteiger partial charge in [-0.15, -0.1) is 0 Å². The molecule has 0 bridgehead atoms. The van der Waals surface area contributed by atoms with Crippen molar-refractivity contribution in [2.75, 3.05) is 13.6 Å². The Morgan fingerprint density at radius 3 is 2.62 bits per heavy atom. The first-order chi connectivity index (χ1) is 11.2. The molecule has 0 aliphatic carbocycles. The quantitative estimate of drug-likeness (QED) is 0.760. The third-order valence-corrected chi connectivity index (χ3v) is 4.40. The summed E-state index contributed by atoms with van der Waals surface area (Å²) in [7, 11) is 1.99. The molecule has 0 saturated carbocycles. The highest BCUT2D eigenvalue weighted by molar-refractivity contribution is 6.32. The normalized spacial score (nSPS) is 12.2. The van der Waals surface area contributed by atoms with Gasteiger partial charge in [0.05, 0.1) is 22.5 Å². The zero-order valence-corrected chi connectivity index (χ0v) is 14.7.